The first-order valence-corrected chi connectivity index (χ1v) is 12.9. The lowest BCUT2D eigenvalue weighted by Crippen LogP contribution is -2.51. The summed E-state index contributed by atoms with van der Waals surface area (Å²) in [7, 11) is 0. The highest BCUT2D eigenvalue weighted by atomic mass is 16.5. The molecule has 10 heteroatoms. The average molecular weight is 495 g/mol. The van der Waals surface area contributed by atoms with Crippen molar-refractivity contribution in [2.45, 2.75) is 53.9 Å². The monoisotopic (exact) mass is 494 g/mol. The van der Waals surface area contributed by atoms with Gasteiger partial charge in [-0.15, -0.1) is 5.10 Å². The minimum atomic E-state index is 0.0509. The molecule has 0 radical (unpaired) electrons. The number of fused-ring (bicyclic) bond motifs is 1. The maximum absolute atomic E-state index is 12.7. The summed E-state index contributed by atoms with van der Waals surface area (Å²) in [5.41, 5.74) is 9.67. The molecule has 3 aromatic heterocycles. The smallest absolute Gasteiger partial charge is 0.336 e. The van der Waals surface area contributed by atoms with Crippen LogP contribution in [0.5, 0.6) is 6.01 Å². The topological polar surface area (TPSA) is 115 Å². The number of nitrogen functional groups attached to an aromatic ring is 1. The van der Waals surface area contributed by atoms with Crippen molar-refractivity contribution < 1.29 is 9.53 Å². The molecule has 10 nitrogen and oxygen atoms in total. The van der Waals surface area contributed by atoms with Crippen LogP contribution in [0.25, 0.3) is 5.65 Å². The zero-order valence-electron chi connectivity index (χ0n) is 22.1. The van der Waals surface area contributed by atoms with Crippen molar-refractivity contribution in [3.8, 4) is 6.01 Å². The lowest BCUT2D eigenvalue weighted by Gasteiger charge is -2.37. The van der Waals surface area contributed by atoms with E-state index >= 15 is 0 Å². The Labute approximate surface area is 212 Å². The van der Waals surface area contributed by atoms with Gasteiger partial charge in [0.05, 0.1) is 18.5 Å². The SMILES string of the molecule is CCCCOc1nc(N)c2ncc(Cc3cnc(N4CCN(C(=O)[C@@H](C)C(C)C)CC4)c(C)c3)n2n1. The van der Waals surface area contributed by atoms with Gasteiger partial charge in [-0.1, -0.05) is 40.2 Å². The van der Waals surface area contributed by atoms with Crippen molar-refractivity contribution in [1.29, 1.82) is 0 Å². The highest BCUT2D eigenvalue weighted by Gasteiger charge is 2.27. The van der Waals surface area contributed by atoms with E-state index in [-0.39, 0.29) is 17.8 Å². The van der Waals surface area contributed by atoms with Crippen LogP contribution in [0.1, 0.15) is 57.4 Å². The summed E-state index contributed by atoms with van der Waals surface area (Å²) >= 11 is 0. The second-order valence-electron chi connectivity index (χ2n) is 9.97. The van der Waals surface area contributed by atoms with Crippen molar-refractivity contribution in [3.63, 3.8) is 0 Å². The standard InChI is InChI=1S/C26H38N8O2/c1-6-7-12-36-26-30-22(27)24-29-16-21(34(24)31-26)14-20-13-18(4)23(28-15-20)32-8-10-33(11-9-32)25(35)19(5)17(2)3/h13,15-17,19H,6-12,14H2,1-5H3,(H2,27,30,31)/t19-/m0/s1. The first-order chi connectivity index (χ1) is 17.3. The summed E-state index contributed by atoms with van der Waals surface area (Å²) in [4.78, 5) is 30.4. The van der Waals surface area contributed by atoms with E-state index in [0.717, 1.165) is 61.7 Å². The molecule has 1 aliphatic rings. The molecule has 4 rings (SSSR count). The van der Waals surface area contributed by atoms with Gasteiger partial charge in [-0.25, -0.2) is 14.5 Å². The number of amides is 1. The number of piperazine rings is 1. The minimum absolute atomic E-state index is 0.0509. The van der Waals surface area contributed by atoms with E-state index in [1.54, 1.807) is 10.7 Å². The van der Waals surface area contributed by atoms with Crippen LogP contribution in [0, 0.1) is 18.8 Å². The fraction of sp³-hybridized carbons (Fsp3) is 0.577. The van der Waals surface area contributed by atoms with E-state index in [1.807, 2.05) is 18.0 Å². The van der Waals surface area contributed by atoms with Gasteiger partial charge < -0.3 is 20.3 Å². The summed E-state index contributed by atoms with van der Waals surface area (Å²) in [6, 6.07) is 2.42. The summed E-state index contributed by atoms with van der Waals surface area (Å²) in [6.07, 6.45) is 6.24. The number of carbonyl (C=O) groups is 1. The first-order valence-electron chi connectivity index (χ1n) is 12.9. The Morgan fingerprint density at radius 1 is 1.14 bits per heavy atom. The van der Waals surface area contributed by atoms with E-state index in [1.165, 1.54) is 0 Å². The molecule has 0 aliphatic carbocycles. The first kappa shape index (κ1) is 25.7. The maximum Gasteiger partial charge on any atom is 0.336 e. The van der Waals surface area contributed by atoms with E-state index in [4.69, 9.17) is 15.5 Å². The molecule has 0 spiro atoms. The number of unbranched alkanes of at least 4 members (excludes halogenated alkanes) is 1. The summed E-state index contributed by atoms with van der Waals surface area (Å²) < 4.78 is 7.38. The predicted molar refractivity (Wildman–Crippen MR) is 140 cm³/mol. The number of pyridine rings is 1. The third-order valence-corrected chi connectivity index (χ3v) is 6.94. The molecule has 194 valence electrons. The van der Waals surface area contributed by atoms with Gasteiger partial charge in [0, 0.05) is 44.7 Å². The van der Waals surface area contributed by atoms with Crippen LogP contribution in [0.15, 0.2) is 18.5 Å². The lowest BCUT2D eigenvalue weighted by molar-refractivity contribution is -0.136. The zero-order chi connectivity index (χ0) is 25.8. The van der Waals surface area contributed by atoms with Gasteiger partial charge in [-0.2, -0.15) is 4.98 Å². The van der Waals surface area contributed by atoms with Gasteiger partial charge in [-0.05, 0) is 30.4 Å². The van der Waals surface area contributed by atoms with E-state index in [0.29, 0.717) is 30.4 Å². The molecule has 0 saturated carbocycles. The molecule has 0 unspecified atom stereocenters. The van der Waals surface area contributed by atoms with Gasteiger partial charge in [0.1, 0.15) is 5.82 Å². The predicted octanol–water partition coefficient (Wildman–Crippen LogP) is 3.12. The van der Waals surface area contributed by atoms with Crippen LogP contribution in [-0.4, -0.2) is 68.2 Å². The summed E-state index contributed by atoms with van der Waals surface area (Å²) in [6.45, 7) is 14.0. The second kappa shape index (κ2) is 11.1. The number of rotatable bonds is 9. The molecule has 0 aromatic carbocycles. The molecule has 4 heterocycles. The number of anilines is 2. The van der Waals surface area contributed by atoms with Crippen molar-refractivity contribution >= 4 is 23.2 Å². The molecular weight excluding hydrogens is 456 g/mol. The second-order valence-corrected chi connectivity index (χ2v) is 9.97. The fourth-order valence-electron chi connectivity index (χ4n) is 4.39. The van der Waals surface area contributed by atoms with Crippen molar-refractivity contribution in [2.24, 2.45) is 11.8 Å². The van der Waals surface area contributed by atoms with Gasteiger partial charge in [0.25, 0.3) is 0 Å². The van der Waals surface area contributed by atoms with Crippen LogP contribution in [-0.2, 0) is 11.2 Å². The number of imidazole rings is 1. The Morgan fingerprint density at radius 2 is 1.89 bits per heavy atom. The Bertz CT molecular complexity index is 1200. The highest BCUT2D eigenvalue weighted by molar-refractivity contribution is 5.79. The molecule has 36 heavy (non-hydrogen) atoms. The number of nitrogens with two attached hydrogens (primary N) is 1. The number of nitrogens with zero attached hydrogens (tertiary/aromatic N) is 7. The van der Waals surface area contributed by atoms with E-state index < -0.39 is 0 Å². The van der Waals surface area contributed by atoms with Crippen LogP contribution >= 0.6 is 0 Å². The number of aryl methyl sites for hydroxylation is 1. The number of carbonyl (C=O) groups excluding carboxylic acids is 1. The van der Waals surface area contributed by atoms with Crippen LogP contribution in [0.2, 0.25) is 0 Å². The molecule has 0 bridgehead atoms. The number of aromatic nitrogens is 5. The average Bonchev–Trinajstić information content (AvgIpc) is 3.26. The number of hydrogen-bond acceptors (Lipinski definition) is 8. The zero-order valence-corrected chi connectivity index (χ0v) is 22.1. The van der Waals surface area contributed by atoms with Crippen molar-refractivity contribution in [2.75, 3.05) is 43.4 Å². The van der Waals surface area contributed by atoms with Gasteiger partial charge >= 0.3 is 6.01 Å². The van der Waals surface area contributed by atoms with Crippen LogP contribution in [0.3, 0.4) is 0 Å². The third-order valence-electron chi connectivity index (χ3n) is 6.94. The van der Waals surface area contributed by atoms with E-state index in [9.17, 15) is 4.79 Å². The normalized spacial score (nSPS) is 15.1. The Morgan fingerprint density at radius 3 is 2.56 bits per heavy atom. The molecule has 1 atom stereocenters. The molecular formula is C26H38N8O2. The van der Waals surface area contributed by atoms with Crippen molar-refractivity contribution in [3.05, 3.63) is 35.3 Å². The summed E-state index contributed by atoms with van der Waals surface area (Å²) in [5.74, 6) is 1.92. The molecule has 2 N–H and O–H groups in total. The molecule has 1 aliphatic heterocycles. The van der Waals surface area contributed by atoms with E-state index in [2.05, 4.69) is 53.7 Å². The number of hydrogen-bond donors (Lipinski definition) is 1. The molecule has 3 aromatic rings. The Balaban J connectivity index is 1.44. The Kier molecular flexibility index (Phi) is 7.91. The Hall–Kier alpha value is -3.43. The highest BCUT2D eigenvalue weighted by Crippen LogP contribution is 2.23. The van der Waals surface area contributed by atoms with Gasteiger partial charge in [0.2, 0.25) is 5.91 Å². The lowest BCUT2D eigenvalue weighted by atomic mass is 9.96. The minimum Gasteiger partial charge on any atom is -0.462 e. The molecule has 1 saturated heterocycles. The number of ether oxygens (including phenoxy) is 1. The van der Waals surface area contributed by atoms with Crippen LogP contribution in [0.4, 0.5) is 11.6 Å². The quantitative estimate of drug-likeness (QED) is 0.451. The fourth-order valence-corrected chi connectivity index (χ4v) is 4.39. The summed E-state index contributed by atoms with van der Waals surface area (Å²) in [5, 5.41) is 4.50. The molecule has 1 amide bonds. The maximum atomic E-state index is 12.7. The van der Waals surface area contributed by atoms with Crippen molar-refractivity contribution in [1.82, 2.24) is 29.5 Å². The van der Waals surface area contributed by atoms with Gasteiger partial charge in [-0.3, -0.25) is 4.79 Å². The third kappa shape index (κ3) is 5.52. The van der Waals surface area contributed by atoms with Gasteiger partial charge in [0.15, 0.2) is 11.5 Å². The van der Waals surface area contributed by atoms with Crippen LogP contribution < -0.4 is 15.4 Å². The molecule has 1 fully saturated rings. The largest absolute Gasteiger partial charge is 0.462 e.